The van der Waals surface area contributed by atoms with Gasteiger partial charge in [-0.3, -0.25) is 9.69 Å². The Labute approximate surface area is 262 Å². The maximum Gasteiger partial charge on any atom is 0.573 e. The molecule has 1 aliphatic rings. The second-order valence-electron chi connectivity index (χ2n) is 9.36. The van der Waals surface area contributed by atoms with Crippen LogP contribution < -0.4 is 15.0 Å². The van der Waals surface area contributed by atoms with Gasteiger partial charge in [0.05, 0.1) is 29.4 Å². The van der Waals surface area contributed by atoms with E-state index in [4.69, 9.17) is 4.74 Å². The molecule has 0 aliphatic carbocycles. The smallest absolute Gasteiger partial charge is 0.406 e. The van der Waals surface area contributed by atoms with E-state index in [2.05, 4.69) is 41.1 Å². The molecule has 0 spiro atoms. The van der Waals surface area contributed by atoms with Crippen molar-refractivity contribution in [1.29, 1.82) is 0 Å². The lowest BCUT2D eigenvalue weighted by atomic mass is 10.1. The van der Waals surface area contributed by atoms with E-state index in [9.17, 15) is 22.8 Å². The van der Waals surface area contributed by atoms with Crippen LogP contribution in [0.3, 0.4) is 0 Å². The number of thioether (sulfide) groups is 1. The number of hydrogen-bond donors (Lipinski definition) is 1. The number of halogens is 4. The lowest BCUT2D eigenvalue weighted by Crippen LogP contribution is -2.31. The number of anilines is 2. The summed E-state index contributed by atoms with van der Waals surface area (Å²) in [5.74, 6) is -0.0389. The second-order valence-corrected chi connectivity index (χ2v) is 11.2. The van der Waals surface area contributed by atoms with Gasteiger partial charge in [0.2, 0.25) is 5.91 Å². The number of rotatable bonds is 8. The van der Waals surface area contributed by atoms with Crippen molar-refractivity contribution in [3.05, 3.63) is 82.6 Å². The molecule has 0 atom stereocenters. The Morgan fingerprint density at radius 1 is 1.14 bits per heavy atom. The summed E-state index contributed by atoms with van der Waals surface area (Å²) in [4.78, 5) is 35.7. The summed E-state index contributed by atoms with van der Waals surface area (Å²) in [6, 6.07) is 15.3. The van der Waals surface area contributed by atoms with Crippen molar-refractivity contribution in [1.82, 2.24) is 14.8 Å². The predicted octanol–water partition coefficient (Wildman–Crippen LogP) is 7.11. The highest BCUT2D eigenvalue weighted by atomic mass is 79.9. The number of aromatic nitrogens is 3. The number of alkyl halides is 3. The topological polar surface area (TPSA) is 111 Å². The average Bonchev–Trinajstić information content (AvgIpc) is 3.60. The number of hydrogen-bond acceptors (Lipinski definition) is 7. The highest BCUT2D eigenvalue weighted by molar-refractivity contribution is 9.10. The molecule has 0 radical (unpaired) electrons. The summed E-state index contributed by atoms with van der Waals surface area (Å²) in [6.45, 7) is 4.64. The molecule has 10 nitrogen and oxygen atoms in total. The van der Waals surface area contributed by atoms with Crippen LogP contribution in [0.5, 0.6) is 5.75 Å². The fraction of sp³-hybridized carbons (Fsp3) is 0.207. The molecule has 0 bridgehead atoms. The molecule has 1 aromatic heterocycles. The Morgan fingerprint density at radius 3 is 2.61 bits per heavy atom. The van der Waals surface area contributed by atoms with Crippen LogP contribution >= 0.6 is 27.7 Å². The third-order valence-corrected chi connectivity index (χ3v) is 7.78. The van der Waals surface area contributed by atoms with Crippen LogP contribution in [0.1, 0.15) is 18.1 Å². The number of ether oxygens (including phenoxy) is 2. The molecule has 3 aromatic carbocycles. The van der Waals surface area contributed by atoms with Gasteiger partial charge < -0.3 is 14.8 Å². The van der Waals surface area contributed by atoms with E-state index in [0.717, 1.165) is 11.1 Å². The van der Waals surface area contributed by atoms with Gasteiger partial charge in [-0.1, -0.05) is 23.9 Å². The third kappa shape index (κ3) is 7.46. The summed E-state index contributed by atoms with van der Waals surface area (Å²) in [6.07, 6.45) is -3.35. The predicted molar refractivity (Wildman–Crippen MR) is 164 cm³/mol. The van der Waals surface area contributed by atoms with E-state index >= 15 is 0 Å². The fourth-order valence-electron chi connectivity index (χ4n) is 4.20. The van der Waals surface area contributed by atoms with Gasteiger partial charge in [0.25, 0.3) is 0 Å². The average molecular weight is 690 g/mol. The van der Waals surface area contributed by atoms with Gasteiger partial charge in [0.15, 0.2) is 11.0 Å². The normalized spacial score (nSPS) is 14.4. The van der Waals surface area contributed by atoms with Gasteiger partial charge in [-0.05, 0) is 83.9 Å². The van der Waals surface area contributed by atoms with Gasteiger partial charge in [-0.2, -0.15) is 4.99 Å². The van der Waals surface area contributed by atoms with Crippen molar-refractivity contribution in [2.24, 2.45) is 4.99 Å². The molecule has 0 unspecified atom stereocenters. The maximum absolute atomic E-state index is 12.9. The van der Waals surface area contributed by atoms with E-state index < -0.39 is 12.4 Å². The van der Waals surface area contributed by atoms with Crippen LogP contribution in [0.4, 0.5) is 29.3 Å². The van der Waals surface area contributed by atoms with Crippen molar-refractivity contribution < 1.29 is 32.2 Å². The number of aliphatic imine (C=N–C) groups is 1. The van der Waals surface area contributed by atoms with E-state index in [0.29, 0.717) is 46.1 Å². The molecule has 3 amide bonds. The quantitative estimate of drug-likeness (QED) is 0.210. The minimum absolute atomic E-state index is 0.150. The highest BCUT2D eigenvalue weighted by Gasteiger charge is 2.32. The fourth-order valence-corrected chi connectivity index (χ4v) is 5.54. The first-order chi connectivity index (χ1) is 21.0. The minimum Gasteiger partial charge on any atom is -0.406 e. The summed E-state index contributed by atoms with van der Waals surface area (Å²) in [5, 5.41) is 7.38. The van der Waals surface area contributed by atoms with Gasteiger partial charge in [0, 0.05) is 22.2 Å². The number of urea groups is 1. The Bertz CT molecular complexity index is 1730. The molecule has 44 heavy (non-hydrogen) atoms. The number of amidine groups is 1. The zero-order chi connectivity index (χ0) is 31.4. The molecule has 2 heterocycles. The summed E-state index contributed by atoms with van der Waals surface area (Å²) in [7, 11) is 0. The lowest BCUT2D eigenvalue weighted by molar-refractivity contribution is -0.274. The summed E-state index contributed by atoms with van der Waals surface area (Å²) < 4.78 is 48.7. The van der Waals surface area contributed by atoms with E-state index in [1.807, 2.05) is 32.0 Å². The first-order valence-electron chi connectivity index (χ1n) is 13.1. The number of nitrogens with one attached hydrogen (secondary N) is 1. The zero-order valence-corrected chi connectivity index (χ0v) is 25.7. The molecule has 1 saturated heterocycles. The molecular weight excluding hydrogens is 665 g/mol. The highest BCUT2D eigenvalue weighted by Crippen LogP contribution is 2.32. The van der Waals surface area contributed by atoms with Crippen LogP contribution in [-0.2, 0) is 16.1 Å². The van der Waals surface area contributed by atoms with Crippen molar-refractivity contribution in [3.63, 3.8) is 0 Å². The maximum atomic E-state index is 12.9. The number of aryl methyl sites for hydroxylation is 1. The molecule has 1 fully saturated rings. The molecule has 0 saturated carbocycles. The minimum atomic E-state index is -4.78. The Hall–Kier alpha value is -4.21. The van der Waals surface area contributed by atoms with Crippen molar-refractivity contribution >= 4 is 56.2 Å². The number of benzene rings is 3. The van der Waals surface area contributed by atoms with Gasteiger partial charge in [0.1, 0.15) is 12.1 Å². The number of amides is 3. The van der Waals surface area contributed by atoms with Crippen molar-refractivity contribution in [2.75, 3.05) is 22.6 Å². The van der Waals surface area contributed by atoms with Crippen LogP contribution in [0, 0.1) is 6.92 Å². The number of carbonyl (C=O) groups is 2. The van der Waals surface area contributed by atoms with Crippen molar-refractivity contribution in [2.45, 2.75) is 26.8 Å². The van der Waals surface area contributed by atoms with Gasteiger partial charge in [-0.15, -0.1) is 18.3 Å². The molecule has 1 N–H and O–H groups in total. The van der Waals surface area contributed by atoms with Crippen LogP contribution in [0.2, 0.25) is 0 Å². The first kappa shape index (κ1) is 31.2. The molecular formula is C29H24BrF3N6O4S. The first-order valence-corrected chi connectivity index (χ1v) is 14.9. The van der Waals surface area contributed by atoms with Crippen LogP contribution in [-0.4, -0.2) is 50.6 Å². The summed E-state index contributed by atoms with van der Waals surface area (Å²) in [5.41, 5.74) is 3.91. The zero-order valence-electron chi connectivity index (χ0n) is 23.3. The van der Waals surface area contributed by atoms with E-state index in [-0.39, 0.29) is 22.6 Å². The second kappa shape index (κ2) is 13.2. The number of carbonyl (C=O) groups excluding carboxylic acids is 2. The lowest BCUT2D eigenvalue weighted by Gasteiger charge is -2.20. The Morgan fingerprint density at radius 2 is 1.91 bits per heavy atom. The number of nitrogens with zero attached hydrogens (tertiary/aromatic N) is 5. The van der Waals surface area contributed by atoms with E-state index in [1.54, 1.807) is 18.2 Å². The standard InChI is InChI=1S/C29H24BrF3N6O4S/c1-3-42-14-19-5-4-17(2)12-24(19)39-25(40)15-44-28(39)36-27(41)35-23-11-6-18(13-22(23)30)26-34-16-38(37-26)20-7-9-21(10-8-20)43-29(31,32)33/h4-13,16H,3,14-15H2,1-2H3,(H,35,41)/b36-28-. The third-order valence-electron chi connectivity index (χ3n) is 6.20. The summed E-state index contributed by atoms with van der Waals surface area (Å²) >= 11 is 4.63. The molecule has 1 aliphatic heterocycles. The van der Waals surface area contributed by atoms with Crippen molar-refractivity contribution in [3.8, 4) is 22.8 Å². The van der Waals surface area contributed by atoms with Gasteiger partial charge in [-0.25, -0.2) is 14.5 Å². The Balaban J connectivity index is 1.30. The largest absolute Gasteiger partial charge is 0.573 e. The van der Waals surface area contributed by atoms with E-state index in [1.165, 1.54) is 51.9 Å². The van der Waals surface area contributed by atoms with Crippen LogP contribution in [0.15, 0.2) is 76.5 Å². The molecule has 5 rings (SSSR count). The monoisotopic (exact) mass is 688 g/mol. The van der Waals surface area contributed by atoms with Gasteiger partial charge >= 0.3 is 12.4 Å². The van der Waals surface area contributed by atoms with Crippen LogP contribution in [0.25, 0.3) is 17.1 Å². The molecule has 228 valence electrons. The molecule has 4 aromatic rings. The Kier molecular flexibility index (Phi) is 9.36. The molecule has 15 heteroatoms. The SMILES string of the molecule is CCOCc1ccc(C)cc1N1C(=O)CS/C1=N\C(=O)Nc1ccc(-c2ncn(-c3ccc(OC(F)(F)F)cc3)n2)cc1Br.